The van der Waals surface area contributed by atoms with E-state index in [4.69, 9.17) is 0 Å². The molecule has 1 aliphatic rings. The van der Waals surface area contributed by atoms with E-state index in [9.17, 15) is 22.0 Å². The second-order valence-corrected chi connectivity index (χ2v) is 5.97. The van der Waals surface area contributed by atoms with Crippen LogP contribution >= 0.6 is 15.9 Å². The van der Waals surface area contributed by atoms with Gasteiger partial charge in [0.05, 0.1) is 0 Å². The third-order valence-electron chi connectivity index (χ3n) is 3.90. The number of rotatable bonds is 4. The van der Waals surface area contributed by atoms with Crippen LogP contribution in [0.4, 0.5) is 22.0 Å². The monoisotopic (exact) mass is 384 g/mol. The molecular formula is C15H14BrF5O. The molecule has 1 nitrogen and oxygen atoms in total. The zero-order valence-corrected chi connectivity index (χ0v) is 13.1. The first-order chi connectivity index (χ1) is 10.4. The summed E-state index contributed by atoms with van der Waals surface area (Å²) in [6.45, 7) is 0. The summed E-state index contributed by atoms with van der Waals surface area (Å²) in [6, 6.07) is -0.245. The minimum atomic E-state index is -2.77. The van der Waals surface area contributed by atoms with E-state index in [1.165, 1.54) is 0 Å². The molecule has 1 aliphatic carbocycles. The van der Waals surface area contributed by atoms with E-state index < -0.39 is 29.5 Å². The third kappa shape index (κ3) is 4.00. The number of ether oxygens (including phenoxy) is 1. The quantitative estimate of drug-likeness (QED) is 0.349. The van der Waals surface area contributed by atoms with E-state index in [1.54, 1.807) is 0 Å². The van der Waals surface area contributed by atoms with Gasteiger partial charge in [-0.1, -0.05) is 15.9 Å². The molecule has 0 radical (unpaired) electrons. The number of hydrogen-bond donors (Lipinski definition) is 0. The van der Waals surface area contributed by atoms with Crippen molar-refractivity contribution in [1.29, 1.82) is 0 Å². The molecule has 122 valence electrons. The average Bonchev–Trinajstić information content (AvgIpc) is 2.50. The first-order valence-corrected chi connectivity index (χ1v) is 7.98. The number of hydrogen-bond acceptors (Lipinski definition) is 1. The van der Waals surface area contributed by atoms with Crippen molar-refractivity contribution in [2.75, 3.05) is 5.33 Å². The highest BCUT2D eigenvalue weighted by Gasteiger charge is 2.25. The molecule has 1 aromatic rings. The van der Waals surface area contributed by atoms with E-state index in [2.05, 4.69) is 20.7 Å². The molecule has 2 rings (SSSR count). The molecule has 22 heavy (non-hydrogen) atoms. The second-order valence-electron chi connectivity index (χ2n) is 5.32. The Kier molecular flexibility index (Phi) is 5.83. The molecule has 1 aromatic carbocycles. The van der Waals surface area contributed by atoms with Gasteiger partial charge in [0, 0.05) is 5.33 Å². The Morgan fingerprint density at radius 1 is 1.05 bits per heavy atom. The van der Waals surface area contributed by atoms with Crippen LogP contribution in [0.5, 0.6) is 5.75 Å². The van der Waals surface area contributed by atoms with Crippen molar-refractivity contribution < 1.29 is 26.7 Å². The van der Waals surface area contributed by atoms with Crippen LogP contribution < -0.4 is 4.74 Å². The third-order valence-corrected chi connectivity index (χ3v) is 4.81. The highest BCUT2D eigenvalue weighted by Crippen LogP contribution is 2.38. The van der Waals surface area contributed by atoms with Crippen LogP contribution in [0.3, 0.4) is 0 Å². The van der Waals surface area contributed by atoms with Crippen LogP contribution in [0.1, 0.15) is 37.2 Å². The molecule has 7 heteroatoms. The summed E-state index contributed by atoms with van der Waals surface area (Å²) < 4.78 is 68.1. The second kappa shape index (κ2) is 7.44. The molecule has 1 fully saturated rings. The van der Waals surface area contributed by atoms with Crippen molar-refractivity contribution in [2.24, 2.45) is 5.92 Å². The van der Waals surface area contributed by atoms with Crippen LogP contribution in [0, 0.1) is 17.6 Å². The molecule has 0 N–H and O–H groups in total. The molecule has 0 spiro atoms. The van der Waals surface area contributed by atoms with Gasteiger partial charge in [0.25, 0.3) is 0 Å². The van der Waals surface area contributed by atoms with Crippen molar-refractivity contribution in [1.82, 2.24) is 0 Å². The van der Waals surface area contributed by atoms with Gasteiger partial charge < -0.3 is 4.74 Å². The molecule has 0 saturated heterocycles. The normalized spacial score (nSPS) is 21.5. The largest absolute Gasteiger partial charge is 0.422 e. The molecular weight excluding hydrogens is 371 g/mol. The summed E-state index contributed by atoms with van der Waals surface area (Å²) in [6.07, 6.45) is 0.714. The highest BCUT2D eigenvalue weighted by atomic mass is 79.9. The van der Waals surface area contributed by atoms with Crippen LogP contribution in [0.15, 0.2) is 24.2 Å². The zero-order chi connectivity index (χ0) is 16.3. The standard InChI is InChI=1S/C15H14BrF5O/c16-7-8-1-3-9(4-2-8)10-5-11(17)13(12(18)6-10)22-15(21)14(19)20/h5-6,8-9H,1-4,7H2/t8-,9-. The average molecular weight is 385 g/mol. The maximum Gasteiger partial charge on any atom is 0.344 e. The van der Waals surface area contributed by atoms with Crippen molar-refractivity contribution in [3.05, 3.63) is 41.4 Å². The molecule has 0 aliphatic heterocycles. The van der Waals surface area contributed by atoms with Gasteiger partial charge in [-0.2, -0.15) is 13.2 Å². The van der Waals surface area contributed by atoms with Crippen LogP contribution in [0.25, 0.3) is 0 Å². The van der Waals surface area contributed by atoms with Crippen LogP contribution in [-0.4, -0.2) is 5.33 Å². The predicted molar refractivity (Wildman–Crippen MR) is 75.8 cm³/mol. The van der Waals surface area contributed by atoms with Gasteiger partial charge in [0.15, 0.2) is 11.6 Å². The number of alkyl halides is 1. The zero-order valence-electron chi connectivity index (χ0n) is 11.5. The minimum Gasteiger partial charge on any atom is -0.422 e. The summed E-state index contributed by atoms with van der Waals surface area (Å²) in [5, 5.41) is 0.898. The van der Waals surface area contributed by atoms with Crippen molar-refractivity contribution in [3.8, 4) is 5.75 Å². The molecule has 0 amide bonds. The Morgan fingerprint density at radius 2 is 1.59 bits per heavy atom. The smallest absolute Gasteiger partial charge is 0.344 e. The van der Waals surface area contributed by atoms with Gasteiger partial charge in [-0.25, -0.2) is 8.78 Å². The minimum absolute atomic E-state index is 0.00616. The van der Waals surface area contributed by atoms with Gasteiger partial charge in [0.2, 0.25) is 5.75 Å². The van der Waals surface area contributed by atoms with Gasteiger partial charge in [-0.3, -0.25) is 0 Å². The summed E-state index contributed by atoms with van der Waals surface area (Å²) in [5.41, 5.74) is 0.445. The molecule has 0 atom stereocenters. The van der Waals surface area contributed by atoms with Gasteiger partial charge in [-0.05, 0) is 55.2 Å². The van der Waals surface area contributed by atoms with Crippen molar-refractivity contribution in [3.63, 3.8) is 0 Å². The Balaban J connectivity index is 2.18. The fraction of sp³-hybridized carbons (Fsp3) is 0.467. The maximum atomic E-state index is 13.8. The van der Waals surface area contributed by atoms with Gasteiger partial charge in [0.1, 0.15) is 0 Å². The molecule has 0 aromatic heterocycles. The highest BCUT2D eigenvalue weighted by molar-refractivity contribution is 9.09. The Morgan fingerprint density at radius 3 is 2.05 bits per heavy atom. The fourth-order valence-corrected chi connectivity index (χ4v) is 3.34. The van der Waals surface area contributed by atoms with Crippen molar-refractivity contribution >= 4 is 15.9 Å². The lowest BCUT2D eigenvalue weighted by Gasteiger charge is -2.27. The van der Waals surface area contributed by atoms with E-state index in [0.717, 1.165) is 43.1 Å². The maximum absolute atomic E-state index is 13.8. The molecule has 0 bridgehead atoms. The fourth-order valence-electron chi connectivity index (χ4n) is 2.69. The summed E-state index contributed by atoms with van der Waals surface area (Å²) in [7, 11) is 0. The lowest BCUT2D eigenvalue weighted by molar-refractivity contribution is 0.226. The summed E-state index contributed by atoms with van der Waals surface area (Å²) in [4.78, 5) is 0. The Labute approximate surface area is 133 Å². The van der Waals surface area contributed by atoms with E-state index in [0.29, 0.717) is 11.5 Å². The number of benzene rings is 1. The van der Waals surface area contributed by atoms with Crippen molar-refractivity contribution in [2.45, 2.75) is 31.6 Å². The number of halogens is 6. The SMILES string of the molecule is FC(F)=C(F)Oc1c(F)cc([C@H]2CC[C@H](CBr)CC2)cc1F. The van der Waals surface area contributed by atoms with E-state index >= 15 is 0 Å². The molecule has 1 saturated carbocycles. The molecule has 0 unspecified atom stereocenters. The predicted octanol–water partition coefficient (Wildman–Crippen LogP) is 6.05. The van der Waals surface area contributed by atoms with E-state index in [-0.39, 0.29) is 5.92 Å². The van der Waals surface area contributed by atoms with Gasteiger partial charge >= 0.3 is 12.1 Å². The Bertz CT molecular complexity index is 540. The van der Waals surface area contributed by atoms with Crippen LogP contribution in [0.2, 0.25) is 0 Å². The lowest BCUT2D eigenvalue weighted by Crippen LogP contribution is -2.14. The molecule has 0 heterocycles. The first-order valence-electron chi connectivity index (χ1n) is 6.86. The lowest BCUT2D eigenvalue weighted by atomic mass is 9.79. The summed E-state index contributed by atoms with van der Waals surface area (Å²) >= 11 is 3.42. The summed E-state index contributed by atoms with van der Waals surface area (Å²) in [5.74, 6) is -2.96. The first kappa shape index (κ1) is 17.2. The van der Waals surface area contributed by atoms with E-state index in [1.807, 2.05) is 0 Å². The van der Waals surface area contributed by atoms with Gasteiger partial charge in [-0.15, -0.1) is 0 Å². The topological polar surface area (TPSA) is 9.23 Å². The Hall–Kier alpha value is -1.11. The van der Waals surface area contributed by atoms with Crippen LogP contribution in [-0.2, 0) is 0 Å².